The SMILES string of the molecule is CNC(=O)c1cccnc1NCC(c1cccc(C(F)(F)F)c1)N(C)C. The Hall–Kier alpha value is -2.61. The van der Waals surface area contributed by atoms with Gasteiger partial charge in [0.1, 0.15) is 5.82 Å². The summed E-state index contributed by atoms with van der Waals surface area (Å²) in [4.78, 5) is 17.9. The van der Waals surface area contributed by atoms with Crippen molar-refractivity contribution in [2.75, 3.05) is 33.0 Å². The van der Waals surface area contributed by atoms with Crippen molar-refractivity contribution >= 4 is 11.7 Å². The van der Waals surface area contributed by atoms with E-state index < -0.39 is 11.7 Å². The number of pyridine rings is 1. The molecule has 140 valence electrons. The highest BCUT2D eigenvalue weighted by atomic mass is 19.4. The summed E-state index contributed by atoms with van der Waals surface area (Å²) < 4.78 is 38.9. The van der Waals surface area contributed by atoms with Gasteiger partial charge < -0.3 is 15.5 Å². The van der Waals surface area contributed by atoms with Gasteiger partial charge in [0.25, 0.3) is 5.91 Å². The summed E-state index contributed by atoms with van der Waals surface area (Å²) in [5, 5.41) is 5.61. The van der Waals surface area contributed by atoms with Crippen molar-refractivity contribution in [2.24, 2.45) is 0 Å². The van der Waals surface area contributed by atoms with Crippen LogP contribution in [-0.4, -0.2) is 43.5 Å². The van der Waals surface area contributed by atoms with Crippen molar-refractivity contribution in [3.8, 4) is 0 Å². The summed E-state index contributed by atoms with van der Waals surface area (Å²) >= 11 is 0. The summed E-state index contributed by atoms with van der Waals surface area (Å²) in [7, 11) is 5.08. The van der Waals surface area contributed by atoms with Crippen molar-refractivity contribution in [3.05, 3.63) is 59.3 Å². The van der Waals surface area contributed by atoms with Gasteiger partial charge in [0.05, 0.1) is 17.2 Å². The fourth-order valence-corrected chi connectivity index (χ4v) is 2.58. The number of amides is 1. The Labute approximate surface area is 150 Å². The second-order valence-corrected chi connectivity index (χ2v) is 5.96. The third-order valence-corrected chi connectivity index (χ3v) is 3.96. The molecule has 5 nitrogen and oxygen atoms in total. The van der Waals surface area contributed by atoms with Gasteiger partial charge in [-0.2, -0.15) is 13.2 Å². The summed E-state index contributed by atoms with van der Waals surface area (Å²) in [5.74, 6) is 0.0896. The van der Waals surface area contributed by atoms with Crippen LogP contribution in [0.1, 0.15) is 27.5 Å². The fourth-order valence-electron chi connectivity index (χ4n) is 2.58. The Morgan fingerprint density at radius 2 is 1.96 bits per heavy atom. The first-order chi connectivity index (χ1) is 12.2. The normalized spacial score (nSPS) is 12.7. The maximum Gasteiger partial charge on any atom is 0.416 e. The molecule has 2 aromatic rings. The Morgan fingerprint density at radius 3 is 2.58 bits per heavy atom. The van der Waals surface area contributed by atoms with Crippen LogP contribution in [0.2, 0.25) is 0 Å². The van der Waals surface area contributed by atoms with E-state index in [1.165, 1.54) is 13.1 Å². The number of hydrogen-bond donors (Lipinski definition) is 2. The van der Waals surface area contributed by atoms with Gasteiger partial charge in [-0.25, -0.2) is 4.98 Å². The zero-order valence-electron chi connectivity index (χ0n) is 14.8. The summed E-state index contributed by atoms with van der Waals surface area (Å²) in [6, 6.07) is 8.17. The molecular weight excluding hydrogens is 345 g/mol. The smallest absolute Gasteiger partial charge is 0.367 e. The van der Waals surface area contributed by atoms with Gasteiger partial charge in [0.2, 0.25) is 0 Å². The third kappa shape index (κ3) is 4.72. The molecule has 0 saturated carbocycles. The minimum absolute atomic E-state index is 0.287. The van der Waals surface area contributed by atoms with Crippen molar-refractivity contribution < 1.29 is 18.0 Å². The molecule has 2 rings (SSSR count). The molecule has 1 heterocycles. The largest absolute Gasteiger partial charge is 0.416 e. The number of aromatic nitrogens is 1. The molecule has 0 fully saturated rings. The average Bonchev–Trinajstić information content (AvgIpc) is 2.61. The number of anilines is 1. The van der Waals surface area contributed by atoms with Crippen LogP contribution in [0.4, 0.5) is 19.0 Å². The van der Waals surface area contributed by atoms with Crippen LogP contribution in [0.15, 0.2) is 42.6 Å². The molecule has 0 radical (unpaired) electrons. The number of rotatable bonds is 6. The van der Waals surface area contributed by atoms with E-state index in [4.69, 9.17) is 0 Å². The standard InChI is InChI=1S/C18H21F3N4O/c1-22-17(26)14-8-5-9-23-16(14)24-11-15(25(2)3)12-6-4-7-13(10-12)18(19,20)21/h4-10,15H,11H2,1-3H3,(H,22,26)(H,23,24). The van der Waals surface area contributed by atoms with Gasteiger partial charge in [-0.3, -0.25) is 4.79 Å². The lowest BCUT2D eigenvalue weighted by atomic mass is 10.0. The highest BCUT2D eigenvalue weighted by Crippen LogP contribution is 2.31. The summed E-state index contributed by atoms with van der Waals surface area (Å²) in [5.41, 5.74) is 0.206. The van der Waals surface area contributed by atoms with E-state index in [0.717, 1.165) is 12.1 Å². The Balaban J connectivity index is 2.25. The van der Waals surface area contributed by atoms with E-state index in [0.29, 0.717) is 16.9 Å². The van der Waals surface area contributed by atoms with E-state index in [-0.39, 0.29) is 18.5 Å². The molecule has 1 unspecified atom stereocenters. The van der Waals surface area contributed by atoms with Crippen molar-refractivity contribution in [3.63, 3.8) is 0 Å². The first-order valence-corrected chi connectivity index (χ1v) is 7.98. The molecule has 0 aliphatic rings. The molecule has 26 heavy (non-hydrogen) atoms. The molecule has 1 aromatic carbocycles. The van der Waals surface area contributed by atoms with Crippen LogP contribution in [0, 0.1) is 0 Å². The van der Waals surface area contributed by atoms with Crippen molar-refractivity contribution in [1.29, 1.82) is 0 Å². The quantitative estimate of drug-likeness (QED) is 0.825. The number of nitrogens with zero attached hydrogens (tertiary/aromatic N) is 2. The topological polar surface area (TPSA) is 57.3 Å². The molecule has 0 saturated heterocycles. The van der Waals surface area contributed by atoms with Crippen LogP contribution in [-0.2, 0) is 6.18 Å². The first-order valence-electron chi connectivity index (χ1n) is 7.98. The summed E-state index contributed by atoms with van der Waals surface area (Å²) in [6.07, 6.45) is -2.85. The number of alkyl halides is 3. The van der Waals surface area contributed by atoms with Crippen LogP contribution in [0.25, 0.3) is 0 Å². The molecule has 1 atom stereocenters. The van der Waals surface area contributed by atoms with E-state index in [1.54, 1.807) is 38.5 Å². The van der Waals surface area contributed by atoms with Crippen molar-refractivity contribution in [2.45, 2.75) is 12.2 Å². The first kappa shape index (κ1) is 19.7. The number of carbonyl (C=O) groups excluding carboxylic acids is 1. The Bertz CT molecular complexity index is 762. The maximum absolute atomic E-state index is 13.0. The highest BCUT2D eigenvalue weighted by Gasteiger charge is 2.31. The van der Waals surface area contributed by atoms with Gasteiger partial charge in [0, 0.05) is 19.8 Å². The molecule has 8 heteroatoms. The van der Waals surface area contributed by atoms with Crippen LogP contribution < -0.4 is 10.6 Å². The third-order valence-electron chi connectivity index (χ3n) is 3.96. The van der Waals surface area contributed by atoms with E-state index in [2.05, 4.69) is 15.6 Å². The predicted molar refractivity (Wildman–Crippen MR) is 94.0 cm³/mol. The molecule has 2 N–H and O–H groups in total. The number of halogens is 3. The molecule has 1 aromatic heterocycles. The number of nitrogens with one attached hydrogen (secondary N) is 2. The van der Waals surface area contributed by atoms with E-state index in [9.17, 15) is 18.0 Å². The average molecular weight is 366 g/mol. The summed E-state index contributed by atoms with van der Waals surface area (Å²) in [6.45, 7) is 0.287. The van der Waals surface area contributed by atoms with Gasteiger partial charge in [-0.05, 0) is 43.9 Å². The number of carbonyl (C=O) groups is 1. The maximum atomic E-state index is 13.0. The molecule has 0 aliphatic heterocycles. The molecule has 0 aliphatic carbocycles. The van der Waals surface area contributed by atoms with Gasteiger partial charge in [-0.1, -0.05) is 12.1 Å². The Morgan fingerprint density at radius 1 is 1.23 bits per heavy atom. The number of likely N-dealkylation sites (N-methyl/N-ethyl adjacent to an activating group) is 1. The number of hydrogen-bond acceptors (Lipinski definition) is 4. The fraction of sp³-hybridized carbons (Fsp3) is 0.333. The zero-order chi connectivity index (χ0) is 19.3. The molecule has 0 bridgehead atoms. The lowest BCUT2D eigenvalue weighted by molar-refractivity contribution is -0.137. The molecular formula is C18H21F3N4O. The van der Waals surface area contributed by atoms with Gasteiger partial charge in [-0.15, -0.1) is 0 Å². The molecule has 0 spiro atoms. The monoisotopic (exact) mass is 366 g/mol. The molecule has 1 amide bonds. The van der Waals surface area contributed by atoms with E-state index in [1.807, 2.05) is 4.90 Å². The van der Waals surface area contributed by atoms with Gasteiger partial charge >= 0.3 is 6.18 Å². The second-order valence-electron chi connectivity index (χ2n) is 5.96. The van der Waals surface area contributed by atoms with E-state index >= 15 is 0 Å². The number of benzene rings is 1. The lowest BCUT2D eigenvalue weighted by Crippen LogP contribution is -2.28. The minimum atomic E-state index is -4.40. The predicted octanol–water partition coefficient (Wildman–Crippen LogP) is 3.17. The highest BCUT2D eigenvalue weighted by molar-refractivity contribution is 5.98. The van der Waals surface area contributed by atoms with Crippen LogP contribution >= 0.6 is 0 Å². The Kier molecular flexibility index (Phi) is 6.20. The minimum Gasteiger partial charge on any atom is -0.367 e. The zero-order valence-corrected chi connectivity index (χ0v) is 14.8. The van der Waals surface area contributed by atoms with Crippen LogP contribution in [0.5, 0.6) is 0 Å². The lowest BCUT2D eigenvalue weighted by Gasteiger charge is -2.26. The van der Waals surface area contributed by atoms with Gasteiger partial charge in [0.15, 0.2) is 0 Å². The second kappa shape index (κ2) is 8.18. The van der Waals surface area contributed by atoms with Crippen LogP contribution in [0.3, 0.4) is 0 Å². The van der Waals surface area contributed by atoms with Crippen molar-refractivity contribution in [1.82, 2.24) is 15.2 Å².